The Hall–Kier alpha value is -2.05. The van der Waals surface area contributed by atoms with Gasteiger partial charge in [0.2, 0.25) is 5.91 Å². The molecule has 2 aliphatic rings. The van der Waals surface area contributed by atoms with Gasteiger partial charge in [-0.15, -0.1) is 0 Å². The average Bonchev–Trinajstić information content (AvgIpc) is 3.36. The van der Waals surface area contributed by atoms with Crippen LogP contribution < -0.4 is 5.32 Å². The number of hydrogen-bond donors (Lipinski definition) is 9. The molecule has 2 heterocycles. The molecule has 14 heteroatoms. The average molecular weight is 996 g/mol. The lowest BCUT2D eigenvalue weighted by molar-refractivity contribution is -0.359. The van der Waals surface area contributed by atoms with Crippen molar-refractivity contribution in [2.45, 2.75) is 280 Å². The van der Waals surface area contributed by atoms with Gasteiger partial charge in [0.25, 0.3) is 0 Å². The smallest absolute Gasteiger partial charge is 0.220 e. The van der Waals surface area contributed by atoms with Gasteiger partial charge in [0.05, 0.1) is 32.0 Å². The van der Waals surface area contributed by atoms with Crippen LogP contribution in [-0.4, -0.2) is 140 Å². The van der Waals surface area contributed by atoms with Crippen LogP contribution in [0.15, 0.2) is 48.6 Å². The number of nitrogens with one attached hydrogen (secondary N) is 1. The Morgan fingerprint density at radius 1 is 0.500 bits per heavy atom. The van der Waals surface area contributed by atoms with E-state index in [1.807, 2.05) is 6.08 Å². The van der Waals surface area contributed by atoms with E-state index in [1.165, 1.54) is 122 Å². The van der Waals surface area contributed by atoms with Crippen molar-refractivity contribution < 1.29 is 64.6 Å². The first-order valence-electron chi connectivity index (χ1n) is 27.9. The highest BCUT2D eigenvalue weighted by atomic mass is 16.7. The van der Waals surface area contributed by atoms with Crippen LogP contribution in [0, 0.1) is 0 Å². The first kappa shape index (κ1) is 64.1. The van der Waals surface area contributed by atoms with Gasteiger partial charge >= 0.3 is 0 Å². The Bertz CT molecular complexity index is 1360. The van der Waals surface area contributed by atoms with Crippen LogP contribution in [0.4, 0.5) is 0 Å². The Balaban J connectivity index is 1.73. The van der Waals surface area contributed by atoms with Crippen molar-refractivity contribution in [2.75, 3.05) is 19.8 Å². The van der Waals surface area contributed by atoms with Crippen molar-refractivity contribution >= 4 is 5.91 Å². The summed E-state index contributed by atoms with van der Waals surface area (Å²) in [5.41, 5.74) is 0. The van der Waals surface area contributed by atoms with E-state index in [0.717, 1.165) is 51.4 Å². The van der Waals surface area contributed by atoms with Crippen LogP contribution in [0.3, 0.4) is 0 Å². The first-order chi connectivity index (χ1) is 34.1. The number of aliphatic hydroxyl groups excluding tert-OH is 8. The van der Waals surface area contributed by atoms with E-state index in [9.17, 15) is 45.6 Å². The number of rotatable bonds is 43. The molecule has 12 atom stereocenters. The summed E-state index contributed by atoms with van der Waals surface area (Å²) in [5, 5.41) is 86.7. The maximum absolute atomic E-state index is 13.2. The zero-order valence-corrected chi connectivity index (χ0v) is 43.5. The van der Waals surface area contributed by atoms with Gasteiger partial charge in [-0.3, -0.25) is 4.79 Å². The van der Waals surface area contributed by atoms with Crippen molar-refractivity contribution in [2.24, 2.45) is 0 Å². The lowest BCUT2D eigenvalue weighted by atomic mass is 9.97. The number of amides is 1. The number of carbonyl (C=O) groups is 1. The maximum atomic E-state index is 13.2. The largest absolute Gasteiger partial charge is 0.394 e. The van der Waals surface area contributed by atoms with E-state index in [2.05, 4.69) is 55.6 Å². The molecule has 2 rings (SSSR count). The molecule has 0 saturated carbocycles. The molecular formula is C56H101NO13. The molecule has 1 amide bonds. The van der Waals surface area contributed by atoms with E-state index in [1.54, 1.807) is 6.08 Å². The van der Waals surface area contributed by atoms with Crippen molar-refractivity contribution in [3.05, 3.63) is 48.6 Å². The number of hydrogen-bond acceptors (Lipinski definition) is 13. The van der Waals surface area contributed by atoms with Gasteiger partial charge in [-0.25, -0.2) is 0 Å². The summed E-state index contributed by atoms with van der Waals surface area (Å²) in [6, 6.07) is -0.936. The van der Waals surface area contributed by atoms with E-state index < -0.39 is 86.8 Å². The predicted octanol–water partition coefficient (Wildman–Crippen LogP) is 8.44. The second-order valence-corrected chi connectivity index (χ2v) is 19.7. The van der Waals surface area contributed by atoms with Gasteiger partial charge in [-0.1, -0.05) is 184 Å². The maximum Gasteiger partial charge on any atom is 0.220 e. The zero-order valence-electron chi connectivity index (χ0n) is 43.5. The number of allylic oxidation sites excluding steroid dienone is 7. The number of aliphatic hydroxyl groups is 8. The molecule has 0 aliphatic carbocycles. The van der Waals surface area contributed by atoms with E-state index >= 15 is 0 Å². The summed E-state index contributed by atoms with van der Waals surface area (Å²) >= 11 is 0. The monoisotopic (exact) mass is 996 g/mol. The van der Waals surface area contributed by atoms with Gasteiger partial charge in [0, 0.05) is 6.42 Å². The van der Waals surface area contributed by atoms with Gasteiger partial charge < -0.3 is 65.1 Å². The van der Waals surface area contributed by atoms with Gasteiger partial charge in [0.15, 0.2) is 12.6 Å². The highest BCUT2D eigenvalue weighted by Gasteiger charge is 2.51. The summed E-state index contributed by atoms with van der Waals surface area (Å²) in [5.74, 6) is -0.256. The molecule has 0 spiro atoms. The molecule has 9 N–H and O–H groups in total. The quantitative estimate of drug-likeness (QED) is 0.0207. The topological polar surface area (TPSA) is 228 Å². The molecule has 2 saturated heterocycles. The fraction of sp³-hybridized carbons (Fsp3) is 0.839. The van der Waals surface area contributed by atoms with Crippen LogP contribution in [0.1, 0.15) is 206 Å². The van der Waals surface area contributed by atoms with Crippen molar-refractivity contribution in [3.63, 3.8) is 0 Å². The van der Waals surface area contributed by atoms with E-state index in [0.29, 0.717) is 12.8 Å². The minimum Gasteiger partial charge on any atom is -0.394 e. The highest BCUT2D eigenvalue weighted by Crippen LogP contribution is 2.30. The fourth-order valence-electron chi connectivity index (χ4n) is 8.91. The molecule has 0 bridgehead atoms. The lowest BCUT2D eigenvalue weighted by Crippen LogP contribution is -2.65. The predicted molar refractivity (Wildman–Crippen MR) is 277 cm³/mol. The van der Waals surface area contributed by atoms with Gasteiger partial charge in [-0.2, -0.15) is 0 Å². The normalized spacial score (nSPS) is 26.3. The van der Waals surface area contributed by atoms with Crippen LogP contribution in [-0.2, 0) is 23.7 Å². The Morgan fingerprint density at radius 2 is 0.943 bits per heavy atom. The summed E-state index contributed by atoms with van der Waals surface area (Å²) in [4.78, 5) is 13.2. The van der Waals surface area contributed by atoms with Crippen molar-refractivity contribution in [1.82, 2.24) is 5.32 Å². The zero-order chi connectivity index (χ0) is 51.0. The van der Waals surface area contributed by atoms with Crippen LogP contribution >= 0.6 is 0 Å². The van der Waals surface area contributed by atoms with Crippen LogP contribution in [0.25, 0.3) is 0 Å². The molecule has 408 valence electrons. The SMILES string of the molecule is CCC/C=C/CC/C=C/CC/C=C/C(O)C(COC1OC(CO)C(OC2OC(CO)C(O)C(O)C2O)C(O)C1O)NC(=O)CCCCCCCCCCCCCCC/C=C\CCCCCCCCCC. The number of unbranched alkanes of at least 4 members (excludes halogenated alkanes) is 24. The summed E-state index contributed by atoms with van der Waals surface area (Å²) in [6.45, 7) is 2.68. The highest BCUT2D eigenvalue weighted by molar-refractivity contribution is 5.76. The van der Waals surface area contributed by atoms with Crippen LogP contribution in [0.2, 0.25) is 0 Å². The standard InChI is InChI=1S/C56H101NO13/c1-3-5-7-9-11-13-15-16-17-18-19-20-21-22-23-24-25-26-27-28-30-32-34-36-38-40-48(61)57-44(45(60)39-37-35-33-31-29-14-12-10-8-6-4-2)43-67-55-53(66)51(64)54(47(42-59)69-55)70-56-52(65)50(63)49(62)46(41-58)68-56/h8,10,18-19,29,31,37,39,44-47,49-56,58-60,62-66H,3-7,9,11-17,20-28,30,32-36,38,40-43H2,1-2H3,(H,57,61)/b10-8+,19-18-,31-29+,39-37+. The van der Waals surface area contributed by atoms with Crippen LogP contribution in [0.5, 0.6) is 0 Å². The van der Waals surface area contributed by atoms with Crippen molar-refractivity contribution in [3.8, 4) is 0 Å². The molecule has 0 aromatic rings. The number of ether oxygens (including phenoxy) is 4. The third kappa shape index (κ3) is 28.4. The van der Waals surface area contributed by atoms with Crippen molar-refractivity contribution in [1.29, 1.82) is 0 Å². The Labute approximate surface area is 423 Å². The molecular weight excluding hydrogens is 895 g/mol. The molecule has 70 heavy (non-hydrogen) atoms. The van der Waals surface area contributed by atoms with E-state index in [4.69, 9.17) is 18.9 Å². The molecule has 0 aromatic carbocycles. The summed E-state index contributed by atoms with van der Waals surface area (Å²) in [7, 11) is 0. The minimum atomic E-state index is -1.79. The first-order valence-corrected chi connectivity index (χ1v) is 27.9. The third-order valence-corrected chi connectivity index (χ3v) is 13.4. The second kappa shape index (κ2) is 42.3. The molecule has 2 aliphatic heterocycles. The Morgan fingerprint density at radius 3 is 1.46 bits per heavy atom. The fourth-order valence-corrected chi connectivity index (χ4v) is 8.91. The van der Waals surface area contributed by atoms with Gasteiger partial charge in [-0.05, 0) is 64.2 Å². The minimum absolute atomic E-state index is 0.256. The molecule has 0 radical (unpaired) electrons. The van der Waals surface area contributed by atoms with E-state index in [-0.39, 0.29) is 18.9 Å². The molecule has 2 fully saturated rings. The lowest BCUT2D eigenvalue weighted by Gasteiger charge is -2.46. The molecule has 14 nitrogen and oxygen atoms in total. The second-order valence-electron chi connectivity index (χ2n) is 19.7. The molecule has 12 unspecified atom stereocenters. The molecule has 0 aromatic heterocycles. The van der Waals surface area contributed by atoms with Gasteiger partial charge in [0.1, 0.15) is 48.8 Å². The summed E-state index contributed by atoms with van der Waals surface area (Å²) in [6.07, 6.45) is 34.6. The number of carbonyl (C=O) groups excluding carboxylic acids is 1. The summed E-state index contributed by atoms with van der Waals surface area (Å²) < 4.78 is 22.7. The third-order valence-electron chi connectivity index (χ3n) is 13.4. The Kier molecular flexibility index (Phi) is 38.7.